The van der Waals surface area contributed by atoms with E-state index in [0.717, 1.165) is 33.2 Å². The molecule has 0 radical (unpaired) electrons. The molecular formula is C34H30N2O5S2. The number of nitrogens with zero attached hydrogens (tertiary/aromatic N) is 1. The van der Waals surface area contributed by atoms with E-state index in [1.807, 2.05) is 12.1 Å². The summed E-state index contributed by atoms with van der Waals surface area (Å²) < 4.78 is 11.4. The van der Waals surface area contributed by atoms with E-state index in [1.54, 1.807) is 43.1 Å². The number of carbonyl (C=O) groups excluding carboxylic acids is 2. The molecule has 2 bridgehead atoms. The summed E-state index contributed by atoms with van der Waals surface area (Å²) in [7, 11) is 1.59. The molecule has 2 aliphatic heterocycles. The zero-order valence-corrected chi connectivity index (χ0v) is 25.3. The van der Waals surface area contributed by atoms with Gasteiger partial charge in [0.2, 0.25) is 11.8 Å². The Balaban J connectivity index is 1.10. The molecule has 0 unspecified atom stereocenters. The molecule has 8 rings (SSSR count). The fourth-order valence-corrected chi connectivity index (χ4v) is 10.9. The molecule has 3 aromatic carbocycles. The third-order valence-corrected chi connectivity index (χ3v) is 12.4. The van der Waals surface area contributed by atoms with Gasteiger partial charge in [-0.25, -0.2) is 0 Å². The summed E-state index contributed by atoms with van der Waals surface area (Å²) in [6.45, 7) is 2.56. The van der Waals surface area contributed by atoms with Gasteiger partial charge in [0.25, 0.3) is 0 Å². The summed E-state index contributed by atoms with van der Waals surface area (Å²) in [6, 6.07) is 23.7. The number of benzene rings is 3. The second-order valence-corrected chi connectivity index (χ2v) is 14.2. The van der Waals surface area contributed by atoms with Gasteiger partial charge in [-0.3, -0.25) is 19.3 Å². The van der Waals surface area contributed by atoms with E-state index in [4.69, 9.17) is 9.47 Å². The number of hydrogen-bond acceptors (Lipinski definition) is 7. The van der Waals surface area contributed by atoms with Gasteiger partial charge in [0.15, 0.2) is 0 Å². The van der Waals surface area contributed by atoms with E-state index in [0.29, 0.717) is 18.0 Å². The van der Waals surface area contributed by atoms with Crippen molar-refractivity contribution in [2.24, 2.45) is 29.6 Å². The second kappa shape index (κ2) is 10.1. The summed E-state index contributed by atoms with van der Waals surface area (Å²) in [4.78, 5) is 45.8. The van der Waals surface area contributed by atoms with Gasteiger partial charge in [-0.1, -0.05) is 53.3 Å². The van der Waals surface area contributed by atoms with Crippen LogP contribution in [0.3, 0.4) is 0 Å². The van der Waals surface area contributed by atoms with Crippen LogP contribution in [0.25, 0.3) is 0 Å². The second-order valence-electron chi connectivity index (χ2n) is 12.0. The number of thioether (sulfide) groups is 1. The van der Waals surface area contributed by atoms with Crippen LogP contribution in [0.1, 0.15) is 33.9 Å². The highest BCUT2D eigenvalue weighted by Crippen LogP contribution is 2.68. The number of methoxy groups -OCH3 is 1. The molecule has 0 spiro atoms. The molecule has 7 atom stereocenters. The van der Waals surface area contributed by atoms with Crippen molar-refractivity contribution in [2.75, 3.05) is 12.0 Å². The lowest BCUT2D eigenvalue weighted by atomic mass is 9.68. The highest BCUT2D eigenvalue weighted by Gasteiger charge is 2.69. The first-order valence-corrected chi connectivity index (χ1v) is 16.3. The standard InChI is InChI=1S/C34H30N2O5S2/c1-17-3-5-18(6-4-17)16-41-22-11-7-19(8-12-22)25-26-23-15-24(29(26)42-31-30(25)43-34(39)35-31)28-27(23)32(37)36(33(28)38)20-9-13-21(40-2)14-10-20/h3-14,23-29H,15-16H2,1-2H3,(H,35,39)/t23-,24-,25+,26+,27+,28+,29-/m1/s1. The first-order chi connectivity index (χ1) is 20.9. The molecule has 3 heterocycles. The van der Waals surface area contributed by atoms with Crippen molar-refractivity contribution < 1.29 is 19.1 Å². The van der Waals surface area contributed by atoms with E-state index in [9.17, 15) is 14.4 Å². The highest BCUT2D eigenvalue weighted by atomic mass is 32.2. The van der Waals surface area contributed by atoms with Crippen LogP contribution in [0.5, 0.6) is 11.5 Å². The van der Waals surface area contributed by atoms with Crippen molar-refractivity contribution in [3.05, 3.63) is 104 Å². The van der Waals surface area contributed by atoms with Crippen molar-refractivity contribution in [1.82, 2.24) is 4.98 Å². The van der Waals surface area contributed by atoms with Crippen LogP contribution >= 0.6 is 23.1 Å². The monoisotopic (exact) mass is 610 g/mol. The molecule has 2 saturated carbocycles. The first kappa shape index (κ1) is 26.8. The molecule has 3 fully saturated rings. The number of carbonyl (C=O) groups is 2. The highest BCUT2D eigenvalue weighted by molar-refractivity contribution is 8.00. The minimum Gasteiger partial charge on any atom is -0.497 e. The van der Waals surface area contributed by atoms with Crippen molar-refractivity contribution >= 4 is 40.6 Å². The molecule has 1 saturated heterocycles. The Kier molecular flexibility index (Phi) is 6.31. The third kappa shape index (κ3) is 4.19. The number of anilines is 1. The number of aromatic amines is 1. The van der Waals surface area contributed by atoms with Crippen molar-refractivity contribution in [3.8, 4) is 11.5 Å². The number of H-pyrrole nitrogens is 1. The van der Waals surface area contributed by atoms with E-state index in [1.165, 1.54) is 21.8 Å². The quantitative estimate of drug-likeness (QED) is 0.269. The van der Waals surface area contributed by atoms with Gasteiger partial charge >= 0.3 is 4.87 Å². The van der Waals surface area contributed by atoms with Gasteiger partial charge in [-0.2, -0.15) is 0 Å². The minimum atomic E-state index is -0.335. The maximum atomic E-state index is 14.0. The van der Waals surface area contributed by atoms with Gasteiger partial charge in [-0.15, -0.1) is 11.8 Å². The molecular weight excluding hydrogens is 581 g/mol. The number of imide groups is 1. The Hall–Kier alpha value is -3.82. The van der Waals surface area contributed by atoms with Crippen molar-refractivity contribution in [1.29, 1.82) is 0 Å². The van der Waals surface area contributed by atoms with Gasteiger partial charge in [0.1, 0.15) is 18.1 Å². The molecule has 43 heavy (non-hydrogen) atoms. The molecule has 2 amide bonds. The molecule has 7 nitrogen and oxygen atoms in total. The van der Waals surface area contributed by atoms with Gasteiger partial charge in [-0.05, 0) is 78.6 Å². The van der Waals surface area contributed by atoms with Crippen LogP contribution in [0.2, 0.25) is 0 Å². The Bertz CT molecular complexity index is 1780. The summed E-state index contributed by atoms with van der Waals surface area (Å²) in [5.74, 6) is 0.906. The number of rotatable bonds is 6. The van der Waals surface area contributed by atoms with Crippen molar-refractivity contribution in [2.45, 2.75) is 36.1 Å². The largest absolute Gasteiger partial charge is 0.497 e. The number of nitrogens with one attached hydrogen (secondary N) is 1. The molecule has 1 N–H and O–H groups in total. The molecule has 218 valence electrons. The number of ether oxygens (including phenoxy) is 2. The topological polar surface area (TPSA) is 88.7 Å². The van der Waals surface area contributed by atoms with Crippen LogP contribution in [0.4, 0.5) is 5.69 Å². The Morgan fingerprint density at radius 2 is 1.53 bits per heavy atom. The lowest BCUT2D eigenvalue weighted by molar-refractivity contribution is -0.123. The first-order valence-electron chi connectivity index (χ1n) is 14.6. The van der Waals surface area contributed by atoms with Crippen LogP contribution in [-0.2, 0) is 16.2 Å². The Morgan fingerprint density at radius 3 is 2.23 bits per heavy atom. The predicted molar refractivity (Wildman–Crippen MR) is 166 cm³/mol. The molecule has 4 aliphatic rings. The zero-order chi connectivity index (χ0) is 29.4. The maximum absolute atomic E-state index is 14.0. The van der Waals surface area contributed by atoms with Gasteiger partial charge in [0.05, 0.1) is 29.7 Å². The summed E-state index contributed by atoms with van der Waals surface area (Å²) in [6.07, 6.45) is 0.860. The number of aryl methyl sites for hydroxylation is 1. The molecule has 2 aliphatic carbocycles. The van der Waals surface area contributed by atoms with Crippen LogP contribution in [-0.4, -0.2) is 29.2 Å². The fourth-order valence-electron chi connectivity index (χ4n) is 8.00. The summed E-state index contributed by atoms with van der Waals surface area (Å²) in [5.41, 5.74) is 4.04. The molecule has 9 heteroatoms. The van der Waals surface area contributed by atoms with Crippen LogP contribution in [0.15, 0.2) is 82.6 Å². The fraction of sp³-hybridized carbons (Fsp3) is 0.324. The average Bonchev–Trinajstić information content (AvgIpc) is 3.76. The van der Waals surface area contributed by atoms with E-state index < -0.39 is 0 Å². The number of amides is 2. The normalized spacial score (nSPS) is 28.5. The average molecular weight is 611 g/mol. The van der Waals surface area contributed by atoms with Gasteiger partial charge < -0.3 is 14.5 Å². The lowest BCUT2D eigenvalue weighted by Crippen LogP contribution is -2.42. The Labute approximate surface area is 257 Å². The molecule has 1 aromatic heterocycles. The summed E-state index contributed by atoms with van der Waals surface area (Å²) in [5, 5.41) is 1.06. The van der Waals surface area contributed by atoms with E-state index in [2.05, 4.69) is 48.3 Å². The van der Waals surface area contributed by atoms with E-state index >= 15 is 0 Å². The van der Waals surface area contributed by atoms with Crippen LogP contribution < -0.4 is 19.2 Å². The minimum absolute atomic E-state index is 0.0229. The third-order valence-electron chi connectivity index (χ3n) is 9.82. The number of hydrogen-bond donors (Lipinski definition) is 1. The lowest BCUT2D eigenvalue weighted by Gasteiger charge is -2.43. The Morgan fingerprint density at radius 1 is 0.860 bits per heavy atom. The molecule has 4 aromatic rings. The zero-order valence-electron chi connectivity index (χ0n) is 23.7. The summed E-state index contributed by atoms with van der Waals surface area (Å²) >= 11 is 2.98. The SMILES string of the molecule is COc1ccc(N2C(=O)[C@H]3[C@H]4C[C@@H]([C@@H]3C2=O)[C@H]2[C@H](c3ccc(OCc5ccc(C)cc5)cc3)c3sc(=O)[nH]c3S[C@H]42)cc1. The predicted octanol–water partition coefficient (Wildman–Crippen LogP) is 6.01. The van der Waals surface area contributed by atoms with Crippen molar-refractivity contribution in [3.63, 3.8) is 0 Å². The van der Waals surface area contributed by atoms with Crippen LogP contribution in [0, 0.1) is 36.5 Å². The number of thiazole rings is 1. The maximum Gasteiger partial charge on any atom is 0.305 e. The number of aromatic nitrogens is 1. The van der Waals surface area contributed by atoms with Gasteiger partial charge in [0, 0.05) is 16.0 Å². The smallest absolute Gasteiger partial charge is 0.305 e. The van der Waals surface area contributed by atoms with E-state index in [-0.39, 0.29) is 57.4 Å². The number of fused-ring (bicyclic) bond motifs is 9.